The SMILES string of the molecule is CCCn1ccnc1CNC(C)Cc1ccc(Cl)cc1. The zero-order valence-corrected chi connectivity index (χ0v) is 12.9. The molecule has 3 nitrogen and oxygen atoms in total. The Kier molecular flexibility index (Phi) is 5.62. The minimum atomic E-state index is 0.406. The van der Waals surface area contributed by atoms with Crippen LogP contribution < -0.4 is 5.32 Å². The van der Waals surface area contributed by atoms with Crippen LogP contribution >= 0.6 is 11.6 Å². The maximum Gasteiger partial charge on any atom is 0.122 e. The Bertz CT molecular complexity index is 519. The summed E-state index contributed by atoms with van der Waals surface area (Å²) in [4.78, 5) is 4.41. The fourth-order valence-corrected chi connectivity index (χ4v) is 2.39. The van der Waals surface area contributed by atoms with E-state index >= 15 is 0 Å². The van der Waals surface area contributed by atoms with E-state index in [0.29, 0.717) is 6.04 Å². The third-order valence-corrected chi connectivity index (χ3v) is 3.58. The van der Waals surface area contributed by atoms with Crippen molar-refractivity contribution in [2.45, 2.75) is 45.8 Å². The van der Waals surface area contributed by atoms with E-state index in [4.69, 9.17) is 11.6 Å². The van der Waals surface area contributed by atoms with E-state index in [0.717, 1.165) is 36.8 Å². The summed E-state index contributed by atoms with van der Waals surface area (Å²) >= 11 is 5.90. The van der Waals surface area contributed by atoms with Crippen molar-refractivity contribution < 1.29 is 0 Å². The smallest absolute Gasteiger partial charge is 0.122 e. The van der Waals surface area contributed by atoms with Gasteiger partial charge in [0.25, 0.3) is 0 Å². The predicted molar refractivity (Wildman–Crippen MR) is 84.0 cm³/mol. The second-order valence-corrected chi connectivity index (χ2v) is 5.59. The van der Waals surface area contributed by atoms with Gasteiger partial charge in [-0.3, -0.25) is 0 Å². The van der Waals surface area contributed by atoms with Gasteiger partial charge in [0.2, 0.25) is 0 Å². The van der Waals surface area contributed by atoms with Crippen molar-refractivity contribution in [3.05, 3.63) is 53.1 Å². The van der Waals surface area contributed by atoms with Gasteiger partial charge in [-0.25, -0.2) is 4.98 Å². The molecule has 0 radical (unpaired) electrons. The van der Waals surface area contributed by atoms with Crippen molar-refractivity contribution in [2.24, 2.45) is 0 Å². The summed E-state index contributed by atoms with van der Waals surface area (Å²) in [6.07, 6.45) is 6.04. The molecular weight excluding hydrogens is 270 g/mol. The van der Waals surface area contributed by atoms with Gasteiger partial charge in [0.05, 0.1) is 6.54 Å². The van der Waals surface area contributed by atoms with Crippen molar-refractivity contribution in [3.8, 4) is 0 Å². The summed E-state index contributed by atoms with van der Waals surface area (Å²) in [7, 11) is 0. The molecular formula is C16H22ClN3. The van der Waals surface area contributed by atoms with Gasteiger partial charge in [-0.05, 0) is 37.5 Å². The Balaban J connectivity index is 1.84. The molecule has 2 rings (SSSR count). The lowest BCUT2D eigenvalue weighted by atomic mass is 10.1. The largest absolute Gasteiger partial charge is 0.334 e. The Morgan fingerprint density at radius 2 is 2.05 bits per heavy atom. The number of imidazole rings is 1. The van der Waals surface area contributed by atoms with Gasteiger partial charge < -0.3 is 9.88 Å². The van der Waals surface area contributed by atoms with Gasteiger partial charge in [0, 0.05) is 30.0 Å². The quantitative estimate of drug-likeness (QED) is 0.843. The molecule has 1 heterocycles. The average Bonchev–Trinajstić information content (AvgIpc) is 2.87. The molecule has 1 aromatic carbocycles. The van der Waals surface area contributed by atoms with Gasteiger partial charge in [0.1, 0.15) is 5.82 Å². The van der Waals surface area contributed by atoms with E-state index in [1.54, 1.807) is 0 Å². The molecule has 0 fully saturated rings. The fourth-order valence-electron chi connectivity index (χ4n) is 2.26. The fraction of sp³-hybridized carbons (Fsp3) is 0.438. The molecule has 1 unspecified atom stereocenters. The molecule has 0 aliphatic rings. The van der Waals surface area contributed by atoms with Crippen molar-refractivity contribution in [1.29, 1.82) is 0 Å². The number of aryl methyl sites for hydroxylation is 1. The maximum absolute atomic E-state index is 5.90. The highest BCUT2D eigenvalue weighted by Gasteiger charge is 2.06. The van der Waals surface area contributed by atoms with E-state index in [-0.39, 0.29) is 0 Å². The molecule has 0 aliphatic carbocycles. The number of nitrogens with one attached hydrogen (secondary N) is 1. The standard InChI is InChI=1S/C16H22ClN3/c1-3-9-20-10-8-18-16(20)12-19-13(2)11-14-4-6-15(17)7-5-14/h4-8,10,13,19H,3,9,11-12H2,1-2H3. The second kappa shape index (κ2) is 7.46. The topological polar surface area (TPSA) is 29.9 Å². The highest BCUT2D eigenvalue weighted by Crippen LogP contribution is 2.11. The van der Waals surface area contributed by atoms with E-state index in [2.05, 4.69) is 40.8 Å². The summed E-state index contributed by atoms with van der Waals surface area (Å²) in [6, 6.07) is 8.45. The van der Waals surface area contributed by atoms with E-state index in [1.807, 2.05) is 24.5 Å². The average molecular weight is 292 g/mol. The lowest BCUT2D eigenvalue weighted by Gasteiger charge is -2.14. The first-order valence-corrected chi connectivity index (χ1v) is 7.54. The van der Waals surface area contributed by atoms with Crippen molar-refractivity contribution in [1.82, 2.24) is 14.9 Å². The number of rotatable bonds is 7. The number of benzene rings is 1. The Morgan fingerprint density at radius 3 is 2.75 bits per heavy atom. The van der Waals surface area contributed by atoms with Crippen LogP contribution in [0.5, 0.6) is 0 Å². The molecule has 4 heteroatoms. The normalized spacial score (nSPS) is 12.6. The van der Waals surface area contributed by atoms with E-state index in [1.165, 1.54) is 5.56 Å². The zero-order valence-electron chi connectivity index (χ0n) is 12.1. The number of hydrogen-bond donors (Lipinski definition) is 1. The van der Waals surface area contributed by atoms with Gasteiger partial charge in [-0.2, -0.15) is 0 Å². The van der Waals surface area contributed by atoms with Crippen LogP contribution in [-0.2, 0) is 19.5 Å². The highest BCUT2D eigenvalue weighted by atomic mass is 35.5. The molecule has 0 bridgehead atoms. The van der Waals surface area contributed by atoms with Gasteiger partial charge in [0.15, 0.2) is 0 Å². The molecule has 1 atom stereocenters. The molecule has 1 aromatic heterocycles. The second-order valence-electron chi connectivity index (χ2n) is 5.15. The summed E-state index contributed by atoms with van der Waals surface area (Å²) in [5.41, 5.74) is 1.30. The molecule has 20 heavy (non-hydrogen) atoms. The predicted octanol–water partition coefficient (Wildman–Crippen LogP) is 3.67. The van der Waals surface area contributed by atoms with Crippen LogP contribution in [0, 0.1) is 0 Å². The third-order valence-electron chi connectivity index (χ3n) is 3.33. The monoisotopic (exact) mass is 291 g/mol. The highest BCUT2D eigenvalue weighted by molar-refractivity contribution is 6.30. The molecule has 2 aromatic rings. The minimum absolute atomic E-state index is 0.406. The summed E-state index contributed by atoms with van der Waals surface area (Å²) in [6.45, 7) is 6.21. The van der Waals surface area contributed by atoms with Crippen LogP contribution in [0.2, 0.25) is 5.02 Å². The van der Waals surface area contributed by atoms with Crippen LogP contribution in [0.4, 0.5) is 0 Å². The Morgan fingerprint density at radius 1 is 1.30 bits per heavy atom. The number of halogens is 1. The first kappa shape index (κ1) is 15.1. The zero-order chi connectivity index (χ0) is 14.4. The number of hydrogen-bond acceptors (Lipinski definition) is 2. The van der Waals surface area contributed by atoms with Gasteiger partial charge >= 0.3 is 0 Å². The molecule has 0 saturated carbocycles. The van der Waals surface area contributed by atoms with E-state index in [9.17, 15) is 0 Å². The molecule has 0 spiro atoms. The van der Waals surface area contributed by atoms with Crippen molar-refractivity contribution in [3.63, 3.8) is 0 Å². The Hall–Kier alpha value is -1.32. The lowest BCUT2D eigenvalue weighted by Crippen LogP contribution is -2.28. The third kappa shape index (κ3) is 4.36. The number of aromatic nitrogens is 2. The lowest BCUT2D eigenvalue weighted by molar-refractivity contribution is 0.513. The molecule has 108 valence electrons. The van der Waals surface area contributed by atoms with Crippen LogP contribution in [0.3, 0.4) is 0 Å². The van der Waals surface area contributed by atoms with Gasteiger partial charge in [-0.1, -0.05) is 30.7 Å². The van der Waals surface area contributed by atoms with Crippen molar-refractivity contribution >= 4 is 11.6 Å². The van der Waals surface area contributed by atoms with Crippen molar-refractivity contribution in [2.75, 3.05) is 0 Å². The molecule has 0 aliphatic heterocycles. The molecule has 1 N–H and O–H groups in total. The summed E-state index contributed by atoms with van der Waals surface area (Å²) in [5, 5.41) is 4.32. The van der Waals surface area contributed by atoms with Crippen LogP contribution in [0.15, 0.2) is 36.7 Å². The summed E-state index contributed by atoms with van der Waals surface area (Å²) < 4.78 is 2.21. The van der Waals surface area contributed by atoms with Gasteiger partial charge in [-0.15, -0.1) is 0 Å². The van der Waals surface area contributed by atoms with E-state index < -0.39 is 0 Å². The Labute approximate surface area is 126 Å². The first-order chi connectivity index (χ1) is 9.69. The van der Waals surface area contributed by atoms with Crippen LogP contribution in [0.25, 0.3) is 0 Å². The first-order valence-electron chi connectivity index (χ1n) is 7.17. The van der Waals surface area contributed by atoms with Crippen LogP contribution in [-0.4, -0.2) is 15.6 Å². The molecule has 0 saturated heterocycles. The molecule has 0 amide bonds. The minimum Gasteiger partial charge on any atom is -0.334 e. The van der Waals surface area contributed by atoms with Crippen LogP contribution in [0.1, 0.15) is 31.7 Å². The maximum atomic E-state index is 5.90. The summed E-state index contributed by atoms with van der Waals surface area (Å²) in [5.74, 6) is 1.11. The number of nitrogens with zero attached hydrogens (tertiary/aromatic N) is 2.